The maximum Gasteiger partial charge on any atom is 0.268 e. The molecule has 3 aliphatic rings. The zero-order valence-corrected chi connectivity index (χ0v) is 19.1. The van der Waals surface area contributed by atoms with E-state index in [2.05, 4.69) is 10.2 Å². The van der Waals surface area contributed by atoms with Crippen molar-refractivity contribution in [2.45, 2.75) is 17.7 Å². The third-order valence-corrected chi connectivity index (χ3v) is 8.25. The minimum atomic E-state index is -3.95. The van der Waals surface area contributed by atoms with Gasteiger partial charge in [0.1, 0.15) is 0 Å². The number of carbonyl (C=O) groups excluding carboxylic acids is 1. The standard InChI is InChI=1S/C23H24ClN3O4S/c24-18-15-16(7-8-19(18)26-9-3-4-10-26)25-21-17-5-1-2-6-20(17)32(29,30)22(21)23(28)27-11-13-31-14-12-27/h1-2,5-8,15,25H,3-4,9-14H2. The summed E-state index contributed by atoms with van der Waals surface area (Å²) in [6.07, 6.45) is 2.29. The van der Waals surface area contributed by atoms with Crippen molar-refractivity contribution in [3.8, 4) is 0 Å². The number of amides is 1. The number of sulfone groups is 1. The number of anilines is 2. The van der Waals surface area contributed by atoms with Crippen molar-refractivity contribution in [3.05, 3.63) is 58.0 Å². The van der Waals surface area contributed by atoms with E-state index in [1.165, 1.54) is 11.0 Å². The number of carbonyl (C=O) groups is 1. The van der Waals surface area contributed by atoms with Gasteiger partial charge in [-0.05, 0) is 37.1 Å². The number of rotatable bonds is 4. The van der Waals surface area contributed by atoms with Gasteiger partial charge in [0.25, 0.3) is 5.91 Å². The number of halogens is 1. The lowest BCUT2D eigenvalue weighted by molar-refractivity contribution is -0.130. The first kappa shape index (κ1) is 21.3. The highest BCUT2D eigenvalue weighted by Crippen LogP contribution is 2.41. The molecular formula is C23H24ClN3O4S. The van der Waals surface area contributed by atoms with Gasteiger partial charge in [-0.15, -0.1) is 0 Å². The van der Waals surface area contributed by atoms with Gasteiger partial charge in [0, 0.05) is 37.4 Å². The first-order valence-electron chi connectivity index (χ1n) is 10.7. The summed E-state index contributed by atoms with van der Waals surface area (Å²) in [4.78, 5) is 17.0. The molecule has 2 aromatic carbocycles. The highest BCUT2D eigenvalue weighted by atomic mass is 35.5. The lowest BCUT2D eigenvalue weighted by atomic mass is 10.1. The largest absolute Gasteiger partial charge is 0.378 e. The van der Waals surface area contributed by atoms with Crippen molar-refractivity contribution in [2.75, 3.05) is 49.6 Å². The number of morpholine rings is 1. The van der Waals surface area contributed by atoms with Crippen LogP contribution in [-0.2, 0) is 19.4 Å². The molecule has 2 aromatic rings. The molecule has 7 nitrogen and oxygen atoms in total. The Kier molecular flexibility index (Phi) is 5.61. The van der Waals surface area contributed by atoms with E-state index >= 15 is 0 Å². The number of hydrogen-bond donors (Lipinski definition) is 1. The summed E-state index contributed by atoms with van der Waals surface area (Å²) < 4.78 is 32.0. The fraction of sp³-hybridized carbons (Fsp3) is 0.348. The van der Waals surface area contributed by atoms with Crippen molar-refractivity contribution in [2.24, 2.45) is 0 Å². The first-order chi connectivity index (χ1) is 15.5. The van der Waals surface area contributed by atoms with E-state index in [0.717, 1.165) is 31.6 Å². The van der Waals surface area contributed by atoms with Crippen molar-refractivity contribution in [3.63, 3.8) is 0 Å². The molecule has 0 aromatic heterocycles. The van der Waals surface area contributed by atoms with Crippen molar-refractivity contribution < 1.29 is 17.9 Å². The molecule has 3 aliphatic heterocycles. The number of nitrogens with zero attached hydrogens (tertiary/aromatic N) is 2. The van der Waals surface area contributed by atoms with Gasteiger partial charge in [-0.25, -0.2) is 8.42 Å². The third-order valence-electron chi connectivity index (χ3n) is 6.10. The maximum atomic E-state index is 13.4. The molecule has 1 amide bonds. The van der Waals surface area contributed by atoms with E-state index in [1.54, 1.807) is 24.3 Å². The lowest BCUT2D eigenvalue weighted by Crippen LogP contribution is -2.42. The minimum absolute atomic E-state index is 0.138. The fourth-order valence-electron chi connectivity index (χ4n) is 4.47. The van der Waals surface area contributed by atoms with Crippen molar-refractivity contribution >= 4 is 44.4 Å². The van der Waals surface area contributed by atoms with Crippen LogP contribution >= 0.6 is 11.6 Å². The molecule has 0 aliphatic carbocycles. The fourth-order valence-corrected chi connectivity index (χ4v) is 6.50. The zero-order valence-electron chi connectivity index (χ0n) is 17.5. The van der Waals surface area contributed by atoms with Crippen LogP contribution in [0.2, 0.25) is 5.02 Å². The monoisotopic (exact) mass is 473 g/mol. The van der Waals surface area contributed by atoms with E-state index in [1.807, 2.05) is 12.1 Å². The van der Waals surface area contributed by atoms with Crippen LogP contribution in [0.5, 0.6) is 0 Å². The minimum Gasteiger partial charge on any atom is -0.378 e. The molecule has 1 N–H and O–H groups in total. The van der Waals surface area contributed by atoms with E-state index in [-0.39, 0.29) is 9.80 Å². The normalized spacial score (nSPS) is 19.9. The van der Waals surface area contributed by atoms with Gasteiger partial charge in [0.2, 0.25) is 9.84 Å². The number of ether oxygens (including phenoxy) is 1. The van der Waals surface area contributed by atoms with Crippen LogP contribution < -0.4 is 10.2 Å². The Morgan fingerprint density at radius 3 is 2.44 bits per heavy atom. The summed E-state index contributed by atoms with van der Waals surface area (Å²) in [5.41, 5.74) is 2.38. The molecule has 0 saturated carbocycles. The van der Waals surface area contributed by atoms with E-state index in [4.69, 9.17) is 16.3 Å². The molecule has 0 bridgehead atoms. The van der Waals surface area contributed by atoms with Crippen molar-refractivity contribution in [1.82, 2.24) is 4.90 Å². The van der Waals surface area contributed by atoms with Gasteiger partial charge in [-0.2, -0.15) is 0 Å². The van der Waals surface area contributed by atoms with Gasteiger partial charge >= 0.3 is 0 Å². The Morgan fingerprint density at radius 1 is 1.00 bits per heavy atom. The predicted octanol–water partition coefficient (Wildman–Crippen LogP) is 3.37. The first-order valence-corrected chi connectivity index (χ1v) is 12.6. The Labute approximate surface area is 192 Å². The van der Waals surface area contributed by atoms with E-state index in [0.29, 0.717) is 48.3 Å². The molecule has 0 atom stereocenters. The SMILES string of the molecule is O=C(C1=C(Nc2ccc(N3CCCC3)c(Cl)c2)c2ccccc2S1(=O)=O)N1CCOCC1. The highest BCUT2D eigenvalue weighted by molar-refractivity contribution is 7.97. The van der Waals surface area contributed by atoms with Crippen LogP contribution in [0.4, 0.5) is 11.4 Å². The zero-order chi connectivity index (χ0) is 22.3. The summed E-state index contributed by atoms with van der Waals surface area (Å²) in [5.74, 6) is -0.508. The average molecular weight is 474 g/mol. The highest BCUT2D eigenvalue weighted by Gasteiger charge is 2.42. The average Bonchev–Trinajstić information content (AvgIpc) is 3.40. The molecule has 2 saturated heterocycles. The molecule has 0 unspecified atom stereocenters. The molecule has 3 heterocycles. The molecule has 5 rings (SSSR count). The number of nitrogens with one attached hydrogen (secondary N) is 1. The predicted molar refractivity (Wildman–Crippen MR) is 124 cm³/mol. The quantitative estimate of drug-likeness (QED) is 0.733. The second kappa shape index (κ2) is 8.42. The Hall–Kier alpha value is -2.55. The molecule has 9 heteroatoms. The summed E-state index contributed by atoms with van der Waals surface area (Å²) in [6.45, 7) is 3.45. The van der Waals surface area contributed by atoms with E-state index < -0.39 is 15.7 Å². The number of fused-ring (bicyclic) bond motifs is 1. The summed E-state index contributed by atoms with van der Waals surface area (Å²) in [7, 11) is -3.95. The van der Waals surface area contributed by atoms with Crippen LogP contribution in [-0.4, -0.2) is 58.6 Å². The van der Waals surface area contributed by atoms with E-state index in [9.17, 15) is 13.2 Å². The summed E-state index contributed by atoms with van der Waals surface area (Å²) in [6, 6.07) is 12.3. The number of benzene rings is 2. The smallest absolute Gasteiger partial charge is 0.268 e. The Bertz CT molecular complexity index is 1200. The lowest BCUT2D eigenvalue weighted by Gasteiger charge is -2.27. The molecule has 2 fully saturated rings. The Balaban J connectivity index is 1.55. The topological polar surface area (TPSA) is 79.0 Å². The summed E-state index contributed by atoms with van der Waals surface area (Å²) >= 11 is 6.57. The molecule has 0 radical (unpaired) electrons. The van der Waals surface area contributed by atoms with Crippen LogP contribution in [0, 0.1) is 0 Å². The number of hydrogen-bond acceptors (Lipinski definition) is 6. The Morgan fingerprint density at radius 2 is 1.72 bits per heavy atom. The van der Waals surface area contributed by atoms with Gasteiger partial charge < -0.3 is 19.9 Å². The van der Waals surface area contributed by atoms with Crippen LogP contribution in [0.15, 0.2) is 52.3 Å². The second-order valence-corrected chi connectivity index (χ2v) is 10.4. The second-order valence-electron chi connectivity index (χ2n) is 8.09. The third kappa shape index (κ3) is 3.66. The van der Waals surface area contributed by atoms with Crippen LogP contribution in [0.1, 0.15) is 18.4 Å². The van der Waals surface area contributed by atoms with Gasteiger partial charge in [0.15, 0.2) is 4.91 Å². The van der Waals surface area contributed by atoms with Gasteiger partial charge in [-0.3, -0.25) is 4.79 Å². The molecular weight excluding hydrogens is 450 g/mol. The van der Waals surface area contributed by atoms with Gasteiger partial charge in [0.05, 0.1) is 34.5 Å². The maximum absolute atomic E-state index is 13.4. The van der Waals surface area contributed by atoms with Gasteiger partial charge in [-0.1, -0.05) is 29.8 Å². The van der Waals surface area contributed by atoms with Crippen LogP contribution in [0.25, 0.3) is 5.70 Å². The van der Waals surface area contributed by atoms with Crippen LogP contribution in [0.3, 0.4) is 0 Å². The summed E-state index contributed by atoms with van der Waals surface area (Å²) in [5, 5.41) is 3.79. The molecule has 32 heavy (non-hydrogen) atoms. The van der Waals surface area contributed by atoms with Crippen molar-refractivity contribution in [1.29, 1.82) is 0 Å². The molecule has 168 valence electrons. The molecule has 0 spiro atoms.